The molecule has 0 radical (unpaired) electrons. The lowest BCUT2D eigenvalue weighted by molar-refractivity contribution is -0.120. The number of aromatic nitrogens is 2. The summed E-state index contributed by atoms with van der Waals surface area (Å²) in [5.41, 5.74) is 3.18. The summed E-state index contributed by atoms with van der Waals surface area (Å²) in [6, 6.07) is 1.18. The van der Waals surface area contributed by atoms with E-state index in [1.54, 1.807) is 0 Å². The number of hydrogen-bond acceptors (Lipinski definition) is 6. The Balaban J connectivity index is 1.17. The molecule has 1 unspecified atom stereocenters. The van der Waals surface area contributed by atoms with Crippen molar-refractivity contribution in [1.29, 1.82) is 0 Å². The highest BCUT2D eigenvalue weighted by Gasteiger charge is 2.50. The number of fused-ring (bicyclic) bond motifs is 4. The van der Waals surface area contributed by atoms with Crippen LogP contribution in [0.5, 0.6) is 0 Å². The number of nitrogens with one attached hydrogen (secondary N) is 3. The Bertz CT molecular complexity index is 894. The standard InChI is InChI=1S/C25H36N6O/c32-23-20-14-17-15-27-24(29-18-4-6-19(7-5-18)31-12-10-26-11-13-31)30-22(17)21(20)25(16-28-23)8-2-1-3-9-25/h14-15,18-19,21,26H,1-13,16H2,(H,28,32)(H,27,29,30)/t18-,19-,21?. The molecule has 172 valence electrons. The fourth-order valence-electron chi connectivity index (χ4n) is 7.03. The van der Waals surface area contributed by atoms with Gasteiger partial charge >= 0.3 is 0 Å². The number of carbonyl (C=O) groups excluding carboxylic acids is 1. The summed E-state index contributed by atoms with van der Waals surface area (Å²) in [5, 5.41) is 10.3. The van der Waals surface area contributed by atoms with Crippen molar-refractivity contribution in [2.24, 2.45) is 5.41 Å². The number of carbonyl (C=O) groups is 1. The van der Waals surface area contributed by atoms with E-state index < -0.39 is 0 Å². The fraction of sp³-hybridized carbons (Fsp3) is 0.720. The van der Waals surface area contributed by atoms with Gasteiger partial charge in [-0.1, -0.05) is 19.3 Å². The summed E-state index contributed by atoms with van der Waals surface area (Å²) >= 11 is 0. The van der Waals surface area contributed by atoms with Gasteiger partial charge in [0.2, 0.25) is 11.9 Å². The normalized spacial score (nSPS) is 32.1. The van der Waals surface area contributed by atoms with Gasteiger partial charge in [0.25, 0.3) is 0 Å². The smallest absolute Gasteiger partial charge is 0.247 e. The number of amides is 1. The van der Waals surface area contributed by atoms with Crippen LogP contribution >= 0.6 is 0 Å². The van der Waals surface area contributed by atoms with Crippen LogP contribution in [0.15, 0.2) is 11.8 Å². The van der Waals surface area contributed by atoms with Gasteiger partial charge < -0.3 is 16.0 Å². The molecule has 1 amide bonds. The minimum Gasteiger partial charge on any atom is -0.352 e. The molecule has 3 aliphatic carbocycles. The van der Waals surface area contributed by atoms with Crippen LogP contribution < -0.4 is 16.0 Å². The Kier molecular flexibility index (Phi) is 5.42. The van der Waals surface area contributed by atoms with Gasteiger partial charge in [-0.2, -0.15) is 0 Å². The van der Waals surface area contributed by atoms with Gasteiger partial charge in [-0.15, -0.1) is 0 Å². The SMILES string of the molecule is O=C1NCC2(CCCCC2)C2C1=Cc1cnc(N[C@H]3CC[C@H](N4CCNCC4)CC3)nc12. The van der Waals surface area contributed by atoms with Gasteiger partial charge in [-0.3, -0.25) is 9.69 Å². The number of nitrogens with zero attached hydrogens (tertiary/aromatic N) is 3. The second-order valence-corrected chi connectivity index (χ2v) is 10.6. The lowest BCUT2D eigenvalue weighted by Crippen LogP contribution is -2.50. The van der Waals surface area contributed by atoms with Crippen LogP contribution in [0.3, 0.4) is 0 Å². The number of hydrogen-bond donors (Lipinski definition) is 3. The van der Waals surface area contributed by atoms with Crippen LogP contribution in [0.25, 0.3) is 6.08 Å². The Labute approximate surface area is 190 Å². The minimum absolute atomic E-state index is 0.0879. The summed E-state index contributed by atoms with van der Waals surface area (Å²) in [6.45, 7) is 5.40. The topological polar surface area (TPSA) is 82.2 Å². The third-order valence-corrected chi connectivity index (χ3v) is 8.77. The quantitative estimate of drug-likeness (QED) is 0.676. The first kappa shape index (κ1) is 20.6. The molecule has 0 aromatic carbocycles. The maximum atomic E-state index is 12.7. The molecule has 32 heavy (non-hydrogen) atoms. The van der Waals surface area contributed by atoms with Crippen molar-refractivity contribution in [3.05, 3.63) is 23.0 Å². The second kappa shape index (κ2) is 8.41. The summed E-state index contributed by atoms with van der Waals surface area (Å²) in [7, 11) is 0. The molecule has 5 aliphatic rings. The Morgan fingerprint density at radius 3 is 2.62 bits per heavy atom. The molecule has 2 saturated heterocycles. The predicted octanol–water partition coefficient (Wildman–Crippen LogP) is 2.67. The first-order chi connectivity index (χ1) is 15.7. The van der Waals surface area contributed by atoms with E-state index in [4.69, 9.17) is 4.98 Å². The van der Waals surface area contributed by atoms with Crippen LogP contribution in [-0.4, -0.2) is 65.6 Å². The molecule has 1 aromatic heterocycles. The Hall–Kier alpha value is -1.99. The molecule has 1 aromatic rings. The lowest BCUT2D eigenvalue weighted by Gasteiger charge is -2.46. The van der Waals surface area contributed by atoms with Gasteiger partial charge in [0.15, 0.2) is 0 Å². The summed E-state index contributed by atoms with van der Waals surface area (Å²) in [4.78, 5) is 25.1. The molecular weight excluding hydrogens is 400 g/mol. The zero-order valence-corrected chi connectivity index (χ0v) is 19.0. The van der Waals surface area contributed by atoms with Gasteiger partial charge in [0, 0.05) is 73.5 Å². The molecule has 7 nitrogen and oxygen atoms in total. The van der Waals surface area contributed by atoms with Crippen molar-refractivity contribution >= 4 is 17.9 Å². The largest absolute Gasteiger partial charge is 0.352 e. The number of piperazine rings is 1. The first-order valence-electron chi connectivity index (χ1n) is 12.8. The lowest BCUT2D eigenvalue weighted by atomic mass is 9.61. The van der Waals surface area contributed by atoms with Crippen molar-refractivity contribution in [3.8, 4) is 0 Å². The molecule has 7 heteroatoms. The van der Waals surface area contributed by atoms with Gasteiger partial charge in [0.05, 0.1) is 5.69 Å². The maximum absolute atomic E-state index is 12.7. The van der Waals surface area contributed by atoms with E-state index in [1.807, 2.05) is 12.3 Å². The average molecular weight is 437 g/mol. The van der Waals surface area contributed by atoms with E-state index in [1.165, 1.54) is 70.9 Å². The van der Waals surface area contributed by atoms with E-state index in [0.29, 0.717) is 6.04 Å². The third kappa shape index (κ3) is 3.63. The zero-order chi connectivity index (χ0) is 21.5. The van der Waals surface area contributed by atoms with Crippen LogP contribution in [-0.2, 0) is 4.79 Å². The molecule has 3 N–H and O–H groups in total. The van der Waals surface area contributed by atoms with Crippen molar-refractivity contribution in [2.75, 3.05) is 38.0 Å². The van der Waals surface area contributed by atoms with Gasteiger partial charge in [0.1, 0.15) is 0 Å². The molecule has 2 aliphatic heterocycles. The molecule has 1 atom stereocenters. The zero-order valence-electron chi connectivity index (χ0n) is 19.0. The average Bonchev–Trinajstić information content (AvgIpc) is 3.24. The summed E-state index contributed by atoms with van der Waals surface area (Å²) in [5.74, 6) is 0.976. The Morgan fingerprint density at radius 1 is 1.06 bits per heavy atom. The fourth-order valence-corrected chi connectivity index (χ4v) is 7.03. The molecule has 1 spiro atoms. The summed E-state index contributed by atoms with van der Waals surface area (Å²) in [6.07, 6.45) is 15.0. The van der Waals surface area contributed by atoms with E-state index in [-0.39, 0.29) is 17.2 Å². The highest BCUT2D eigenvalue weighted by Crippen LogP contribution is 2.55. The predicted molar refractivity (Wildman–Crippen MR) is 125 cm³/mol. The number of anilines is 1. The van der Waals surface area contributed by atoms with Crippen molar-refractivity contribution in [1.82, 2.24) is 25.5 Å². The monoisotopic (exact) mass is 436 g/mol. The van der Waals surface area contributed by atoms with E-state index >= 15 is 0 Å². The second-order valence-electron chi connectivity index (χ2n) is 10.6. The number of piperidine rings is 1. The highest BCUT2D eigenvalue weighted by atomic mass is 16.1. The van der Waals surface area contributed by atoms with Gasteiger partial charge in [-0.25, -0.2) is 9.97 Å². The van der Waals surface area contributed by atoms with Crippen LogP contribution in [0.2, 0.25) is 0 Å². The molecule has 3 heterocycles. The molecule has 2 saturated carbocycles. The van der Waals surface area contributed by atoms with Gasteiger partial charge in [-0.05, 0) is 44.6 Å². The third-order valence-electron chi connectivity index (χ3n) is 8.77. The van der Waals surface area contributed by atoms with E-state index in [2.05, 4.69) is 25.8 Å². The van der Waals surface area contributed by atoms with Crippen molar-refractivity contribution in [3.63, 3.8) is 0 Å². The maximum Gasteiger partial charge on any atom is 0.247 e. The van der Waals surface area contributed by atoms with Crippen molar-refractivity contribution < 1.29 is 4.79 Å². The summed E-state index contributed by atoms with van der Waals surface area (Å²) < 4.78 is 0. The van der Waals surface area contributed by atoms with Crippen LogP contribution in [0.1, 0.15) is 75.0 Å². The van der Waals surface area contributed by atoms with E-state index in [9.17, 15) is 4.79 Å². The molecule has 4 fully saturated rings. The van der Waals surface area contributed by atoms with Crippen LogP contribution in [0.4, 0.5) is 5.95 Å². The minimum atomic E-state index is 0.0879. The molecule has 0 bridgehead atoms. The van der Waals surface area contributed by atoms with Crippen molar-refractivity contribution in [2.45, 2.75) is 75.8 Å². The number of rotatable bonds is 3. The molecule has 6 rings (SSSR count). The molecular formula is C25H36N6O. The van der Waals surface area contributed by atoms with Crippen LogP contribution in [0, 0.1) is 5.41 Å². The first-order valence-corrected chi connectivity index (χ1v) is 12.8. The van der Waals surface area contributed by atoms with E-state index in [0.717, 1.165) is 48.5 Å². The Morgan fingerprint density at radius 2 is 1.84 bits per heavy atom. The highest BCUT2D eigenvalue weighted by molar-refractivity contribution is 6.02.